The molecule has 0 radical (unpaired) electrons. The molecule has 2 N–H and O–H groups in total. The van der Waals surface area contributed by atoms with Crippen molar-refractivity contribution in [3.05, 3.63) is 27.7 Å². The molecule has 1 aromatic rings. The van der Waals surface area contributed by atoms with Crippen LogP contribution in [0.15, 0.2) is 17.0 Å². The van der Waals surface area contributed by atoms with Gasteiger partial charge >= 0.3 is 0 Å². The Morgan fingerprint density at radius 1 is 1.19 bits per heavy atom. The second kappa shape index (κ2) is 8.34. The molecule has 0 fully saturated rings. The first-order valence-corrected chi connectivity index (χ1v) is 9.24. The first-order chi connectivity index (χ1) is 9.81. The van der Waals surface area contributed by atoms with Gasteiger partial charge in [0.25, 0.3) is 0 Å². The van der Waals surface area contributed by atoms with E-state index < -0.39 is 10.0 Å². The highest BCUT2D eigenvalue weighted by molar-refractivity contribution is 7.89. The van der Waals surface area contributed by atoms with Crippen LogP contribution in [0.2, 0.25) is 10.0 Å². The van der Waals surface area contributed by atoms with Crippen molar-refractivity contribution in [1.29, 1.82) is 0 Å². The molecule has 0 heterocycles. The van der Waals surface area contributed by atoms with Gasteiger partial charge in [-0.3, -0.25) is 0 Å². The van der Waals surface area contributed by atoms with Crippen LogP contribution in [0, 0.1) is 5.92 Å². The van der Waals surface area contributed by atoms with E-state index in [2.05, 4.69) is 10.0 Å². The lowest BCUT2D eigenvalue weighted by Gasteiger charge is -2.14. The molecule has 0 saturated carbocycles. The van der Waals surface area contributed by atoms with Gasteiger partial charge in [0, 0.05) is 18.1 Å². The first-order valence-electron chi connectivity index (χ1n) is 7.00. The number of nitrogens with one attached hydrogen (secondary N) is 2. The molecule has 120 valence electrons. The van der Waals surface area contributed by atoms with Crippen LogP contribution in [-0.2, 0) is 16.6 Å². The first kappa shape index (κ1) is 18.7. The molecule has 1 aromatic carbocycles. The summed E-state index contributed by atoms with van der Waals surface area (Å²) < 4.78 is 27.3. The summed E-state index contributed by atoms with van der Waals surface area (Å²) >= 11 is 12.1. The molecular weight excluding hydrogens is 331 g/mol. The van der Waals surface area contributed by atoms with Crippen LogP contribution in [-0.4, -0.2) is 21.5 Å². The van der Waals surface area contributed by atoms with Gasteiger partial charge in [0.05, 0.1) is 5.02 Å². The van der Waals surface area contributed by atoms with Crippen LogP contribution >= 0.6 is 23.2 Å². The van der Waals surface area contributed by atoms with Gasteiger partial charge in [-0.1, -0.05) is 50.4 Å². The van der Waals surface area contributed by atoms with Crippen molar-refractivity contribution in [2.45, 2.75) is 38.6 Å². The van der Waals surface area contributed by atoms with E-state index in [9.17, 15) is 8.42 Å². The minimum Gasteiger partial charge on any atom is -0.313 e. The molecule has 4 nitrogen and oxygen atoms in total. The molecule has 0 aliphatic carbocycles. The Bertz CT molecular complexity index is 577. The minimum atomic E-state index is -3.63. The third-order valence-electron chi connectivity index (χ3n) is 3.27. The van der Waals surface area contributed by atoms with Gasteiger partial charge in [-0.25, -0.2) is 13.1 Å². The second-order valence-electron chi connectivity index (χ2n) is 5.02. The molecule has 1 unspecified atom stereocenters. The van der Waals surface area contributed by atoms with Crippen molar-refractivity contribution in [3.63, 3.8) is 0 Å². The molecule has 0 spiro atoms. The zero-order chi connectivity index (χ0) is 16.0. The maximum atomic E-state index is 12.4. The lowest BCUT2D eigenvalue weighted by molar-refractivity contribution is 0.528. The molecule has 0 saturated heterocycles. The van der Waals surface area contributed by atoms with Crippen LogP contribution < -0.4 is 10.0 Å². The van der Waals surface area contributed by atoms with Crippen molar-refractivity contribution in [1.82, 2.24) is 10.0 Å². The zero-order valence-corrected chi connectivity index (χ0v) is 14.9. The van der Waals surface area contributed by atoms with E-state index in [1.807, 2.05) is 20.8 Å². The second-order valence-corrected chi connectivity index (χ2v) is 7.57. The lowest BCUT2D eigenvalue weighted by atomic mass is 10.1. The summed E-state index contributed by atoms with van der Waals surface area (Å²) in [5.41, 5.74) is 0.715. The Morgan fingerprint density at radius 2 is 1.86 bits per heavy atom. The molecule has 0 aliphatic heterocycles. The van der Waals surface area contributed by atoms with E-state index in [-0.39, 0.29) is 15.8 Å². The van der Waals surface area contributed by atoms with Crippen molar-refractivity contribution in [2.75, 3.05) is 13.1 Å². The van der Waals surface area contributed by atoms with Gasteiger partial charge in [-0.15, -0.1) is 0 Å². The van der Waals surface area contributed by atoms with Crippen LogP contribution in [0.4, 0.5) is 0 Å². The van der Waals surface area contributed by atoms with E-state index >= 15 is 0 Å². The van der Waals surface area contributed by atoms with Gasteiger partial charge in [-0.2, -0.15) is 0 Å². The number of rotatable bonds is 8. The fourth-order valence-electron chi connectivity index (χ4n) is 1.65. The van der Waals surface area contributed by atoms with Crippen molar-refractivity contribution >= 4 is 33.2 Å². The summed E-state index contributed by atoms with van der Waals surface area (Å²) in [5, 5.41) is 3.72. The monoisotopic (exact) mass is 352 g/mol. The Labute approximate surface area is 137 Å². The highest BCUT2D eigenvalue weighted by Crippen LogP contribution is 2.28. The molecule has 21 heavy (non-hydrogen) atoms. The van der Waals surface area contributed by atoms with Crippen molar-refractivity contribution < 1.29 is 8.42 Å². The average Bonchev–Trinajstić information content (AvgIpc) is 2.43. The van der Waals surface area contributed by atoms with Crippen LogP contribution in [0.25, 0.3) is 0 Å². The maximum absolute atomic E-state index is 12.4. The normalized spacial score (nSPS) is 13.4. The van der Waals surface area contributed by atoms with E-state index in [0.717, 1.165) is 13.0 Å². The third-order valence-corrected chi connectivity index (χ3v) is 5.51. The summed E-state index contributed by atoms with van der Waals surface area (Å²) in [6, 6.07) is 3.01. The average molecular weight is 353 g/mol. The smallest absolute Gasteiger partial charge is 0.242 e. The molecule has 0 amide bonds. The van der Waals surface area contributed by atoms with Gasteiger partial charge in [-0.05, 0) is 30.2 Å². The van der Waals surface area contributed by atoms with Gasteiger partial charge in [0.1, 0.15) is 4.90 Å². The Morgan fingerprint density at radius 3 is 2.43 bits per heavy atom. The number of halogens is 2. The standard InChI is InChI=1S/C14H22Cl2N2O2S/c1-4-10(3)8-18-21(19,20)14-6-11(9-17-5-2)12(15)7-13(14)16/h6-7,10,17-18H,4-5,8-9H2,1-3H3. The number of hydrogen-bond donors (Lipinski definition) is 2. The molecule has 1 atom stereocenters. The highest BCUT2D eigenvalue weighted by Gasteiger charge is 2.20. The van der Waals surface area contributed by atoms with Gasteiger partial charge < -0.3 is 5.32 Å². The fraction of sp³-hybridized carbons (Fsp3) is 0.571. The van der Waals surface area contributed by atoms with E-state index in [1.54, 1.807) is 0 Å². The summed E-state index contributed by atoms with van der Waals surface area (Å²) in [4.78, 5) is 0.0739. The van der Waals surface area contributed by atoms with Gasteiger partial charge in [0.2, 0.25) is 10.0 Å². The quantitative estimate of drug-likeness (QED) is 0.753. The molecular formula is C14H22Cl2N2O2S. The summed E-state index contributed by atoms with van der Waals surface area (Å²) in [6.45, 7) is 7.63. The fourth-order valence-corrected chi connectivity index (χ4v) is 3.67. The van der Waals surface area contributed by atoms with E-state index in [0.29, 0.717) is 23.7 Å². The number of sulfonamides is 1. The Balaban J connectivity index is 3.04. The number of benzene rings is 1. The van der Waals surface area contributed by atoms with Crippen molar-refractivity contribution in [2.24, 2.45) is 5.92 Å². The molecule has 7 heteroatoms. The zero-order valence-electron chi connectivity index (χ0n) is 12.5. The summed E-state index contributed by atoms with van der Waals surface area (Å²) in [6.07, 6.45) is 0.905. The molecule has 0 aromatic heterocycles. The van der Waals surface area contributed by atoms with Gasteiger partial charge in [0.15, 0.2) is 0 Å². The van der Waals surface area contributed by atoms with Crippen LogP contribution in [0.3, 0.4) is 0 Å². The summed E-state index contributed by atoms with van der Waals surface area (Å²) in [5.74, 6) is 0.270. The Kier molecular flexibility index (Phi) is 7.44. The minimum absolute atomic E-state index is 0.0739. The molecule has 1 rings (SSSR count). The van der Waals surface area contributed by atoms with E-state index in [4.69, 9.17) is 23.2 Å². The number of hydrogen-bond acceptors (Lipinski definition) is 3. The summed E-state index contributed by atoms with van der Waals surface area (Å²) in [7, 11) is -3.63. The topological polar surface area (TPSA) is 58.2 Å². The van der Waals surface area contributed by atoms with Crippen LogP contribution in [0.5, 0.6) is 0 Å². The molecule has 0 bridgehead atoms. The van der Waals surface area contributed by atoms with Crippen LogP contribution in [0.1, 0.15) is 32.8 Å². The van der Waals surface area contributed by atoms with Crippen molar-refractivity contribution in [3.8, 4) is 0 Å². The largest absolute Gasteiger partial charge is 0.313 e. The predicted octanol–water partition coefficient (Wildman–Crippen LogP) is 3.43. The maximum Gasteiger partial charge on any atom is 0.242 e. The third kappa shape index (κ3) is 5.42. The lowest BCUT2D eigenvalue weighted by Crippen LogP contribution is -2.28. The van der Waals surface area contributed by atoms with E-state index in [1.165, 1.54) is 12.1 Å². The molecule has 0 aliphatic rings. The predicted molar refractivity (Wildman–Crippen MR) is 88.5 cm³/mol. The Hall–Kier alpha value is -0.330. The SMILES string of the molecule is CCNCc1cc(S(=O)(=O)NCC(C)CC)c(Cl)cc1Cl. The highest BCUT2D eigenvalue weighted by atomic mass is 35.5.